The number of carboxylic acid groups (broad SMARTS) is 1. The van der Waals surface area contributed by atoms with E-state index in [9.17, 15) is 14.4 Å². The Morgan fingerprint density at radius 3 is 2.39 bits per heavy atom. The van der Waals surface area contributed by atoms with Crippen molar-refractivity contribution in [2.75, 3.05) is 19.6 Å². The summed E-state index contributed by atoms with van der Waals surface area (Å²) in [5.41, 5.74) is 0. The molecular weight excluding hydrogens is 298 g/mol. The van der Waals surface area contributed by atoms with Gasteiger partial charge in [0.15, 0.2) is 0 Å². The lowest BCUT2D eigenvalue weighted by Gasteiger charge is -2.33. The highest BCUT2D eigenvalue weighted by Crippen LogP contribution is 2.17. The van der Waals surface area contributed by atoms with Crippen molar-refractivity contribution in [1.29, 1.82) is 0 Å². The summed E-state index contributed by atoms with van der Waals surface area (Å²) in [6.45, 7) is 9.10. The Morgan fingerprint density at radius 2 is 1.87 bits per heavy atom. The maximum Gasteiger partial charge on any atom is 0.326 e. The van der Waals surface area contributed by atoms with E-state index in [1.165, 1.54) is 0 Å². The van der Waals surface area contributed by atoms with Gasteiger partial charge in [0.2, 0.25) is 5.91 Å². The highest BCUT2D eigenvalue weighted by Gasteiger charge is 2.31. The van der Waals surface area contributed by atoms with E-state index in [0.29, 0.717) is 32.0 Å². The van der Waals surface area contributed by atoms with Crippen molar-refractivity contribution in [1.82, 2.24) is 15.5 Å². The zero-order valence-corrected chi connectivity index (χ0v) is 14.5. The molecule has 0 aromatic heterocycles. The molecule has 0 radical (unpaired) electrons. The van der Waals surface area contributed by atoms with E-state index >= 15 is 0 Å². The summed E-state index contributed by atoms with van der Waals surface area (Å²) in [4.78, 5) is 37.2. The average Bonchev–Trinajstić information content (AvgIpc) is 2.49. The Kier molecular flexibility index (Phi) is 7.32. The minimum Gasteiger partial charge on any atom is -0.480 e. The van der Waals surface area contributed by atoms with Gasteiger partial charge < -0.3 is 20.6 Å². The number of rotatable bonds is 6. The predicted molar refractivity (Wildman–Crippen MR) is 86.9 cm³/mol. The number of amides is 3. The van der Waals surface area contributed by atoms with Crippen LogP contribution in [-0.4, -0.2) is 53.6 Å². The van der Waals surface area contributed by atoms with E-state index < -0.39 is 12.0 Å². The number of nitrogens with zero attached hydrogens (tertiary/aromatic N) is 1. The SMILES string of the molecule is CC(C)CNC(=O)N1CCCC(C(=O)N[C@H](C(=O)O)C(C)C)C1. The fraction of sp³-hybridized carbons (Fsp3) is 0.812. The summed E-state index contributed by atoms with van der Waals surface area (Å²) >= 11 is 0. The maximum absolute atomic E-state index is 12.3. The number of carbonyl (C=O) groups excluding carboxylic acids is 2. The van der Waals surface area contributed by atoms with Gasteiger partial charge in [0.1, 0.15) is 6.04 Å². The number of hydrogen-bond donors (Lipinski definition) is 3. The first-order chi connectivity index (χ1) is 10.7. The van der Waals surface area contributed by atoms with Crippen molar-refractivity contribution in [2.24, 2.45) is 17.8 Å². The molecule has 0 aliphatic carbocycles. The third-order valence-electron chi connectivity index (χ3n) is 3.97. The Balaban J connectivity index is 2.58. The molecule has 23 heavy (non-hydrogen) atoms. The molecule has 2 atom stereocenters. The molecule has 1 unspecified atom stereocenters. The van der Waals surface area contributed by atoms with Gasteiger partial charge in [-0.1, -0.05) is 27.7 Å². The zero-order chi connectivity index (χ0) is 17.6. The molecule has 1 aliphatic heterocycles. The molecule has 1 heterocycles. The van der Waals surface area contributed by atoms with Crippen LogP contribution in [0.5, 0.6) is 0 Å². The highest BCUT2D eigenvalue weighted by molar-refractivity contribution is 5.86. The Hall–Kier alpha value is -1.79. The molecule has 1 fully saturated rings. The molecule has 3 N–H and O–H groups in total. The second-order valence-corrected chi connectivity index (χ2v) is 6.93. The number of urea groups is 1. The lowest BCUT2D eigenvalue weighted by Crippen LogP contribution is -2.52. The Morgan fingerprint density at radius 1 is 1.22 bits per heavy atom. The van der Waals surface area contributed by atoms with Crippen molar-refractivity contribution >= 4 is 17.9 Å². The normalized spacial score (nSPS) is 19.6. The smallest absolute Gasteiger partial charge is 0.326 e. The first-order valence-electron chi connectivity index (χ1n) is 8.28. The molecule has 0 aromatic carbocycles. The molecule has 0 bridgehead atoms. The lowest BCUT2D eigenvalue weighted by molar-refractivity contribution is -0.144. The van der Waals surface area contributed by atoms with Crippen LogP contribution in [0.25, 0.3) is 0 Å². The minimum absolute atomic E-state index is 0.158. The van der Waals surface area contributed by atoms with Crippen LogP contribution < -0.4 is 10.6 Å². The summed E-state index contributed by atoms with van der Waals surface area (Å²) < 4.78 is 0. The van der Waals surface area contributed by atoms with Gasteiger partial charge in [0.05, 0.1) is 5.92 Å². The van der Waals surface area contributed by atoms with Gasteiger partial charge in [-0.05, 0) is 24.7 Å². The van der Waals surface area contributed by atoms with Crippen molar-refractivity contribution in [2.45, 2.75) is 46.6 Å². The summed E-state index contributed by atoms with van der Waals surface area (Å²) in [6.07, 6.45) is 1.41. The fourth-order valence-corrected chi connectivity index (χ4v) is 2.56. The van der Waals surface area contributed by atoms with Gasteiger partial charge in [-0.25, -0.2) is 9.59 Å². The summed E-state index contributed by atoms with van der Waals surface area (Å²) in [5.74, 6) is -1.49. The van der Waals surface area contributed by atoms with Crippen LogP contribution in [0.1, 0.15) is 40.5 Å². The van der Waals surface area contributed by atoms with Crippen molar-refractivity contribution < 1.29 is 19.5 Å². The van der Waals surface area contributed by atoms with Crippen molar-refractivity contribution in [3.63, 3.8) is 0 Å². The third kappa shape index (κ3) is 6.08. The molecule has 7 nitrogen and oxygen atoms in total. The van der Waals surface area contributed by atoms with Crippen LogP contribution in [0.15, 0.2) is 0 Å². The second kappa shape index (κ2) is 8.74. The molecule has 0 aromatic rings. The lowest BCUT2D eigenvalue weighted by atomic mass is 9.96. The van der Waals surface area contributed by atoms with E-state index in [4.69, 9.17) is 5.11 Å². The topological polar surface area (TPSA) is 98.7 Å². The predicted octanol–water partition coefficient (Wildman–Crippen LogP) is 1.29. The van der Waals surface area contributed by atoms with Crippen molar-refractivity contribution in [3.8, 4) is 0 Å². The first-order valence-corrected chi connectivity index (χ1v) is 8.28. The van der Waals surface area contributed by atoms with Crippen LogP contribution >= 0.6 is 0 Å². The van der Waals surface area contributed by atoms with Gasteiger partial charge in [-0.15, -0.1) is 0 Å². The fourth-order valence-electron chi connectivity index (χ4n) is 2.56. The average molecular weight is 327 g/mol. The van der Waals surface area contributed by atoms with E-state index in [1.54, 1.807) is 18.7 Å². The van der Waals surface area contributed by atoms with Crippen LogP contribution in [0.2, 0.25) is 0 Å². The number of nitrogens with one attached hydrogen (secondary N) is 2. The van der Waals surface area contributed by atoms with Gasteiger partial charge in [0.25, 0.3) is 0 Å². The van der Waals surface area contributed by atoms with Gasteiger partial charge in [0, 0.05) is 19.6 Å². The third-order valence-corrected chi connectivity index (χ3v) is 3.97. The molecular formula is C16H29N3O4. The monoisotopic (exact) mass is 327 g/mol. The van der Waals surface area contributed by atoms with E-state index in [-0.39, 0.29) is 23.8 Å². The molecule has 1 saturated heterocycles. The van der Waals surface area contributed by atoms with Crippen LogP contribution in [-0.2, 0) is 9.59 Å². The van der Waals surface area contributed by atoms with Crippen molar-refractivity contribution in [3.05, 3.63) is 0 Å². The van der Waals surface area contributed by atoms with Gasteiger partial charge >= 0.3 is 12.0 Å². The van der Waals surface area contributed by atoms with Gasteiger partial charge in [-0.3, -0.25) is 4.79 Å². The number of carbonyl (C=O) groups is 3. The first kappa shape index (κ1) is 19.3. The largest absolute Gasteiger partial charge is 0.480 e. The highest BCUT2D eigenvalue weighted by atomic mass is 16.4. The maximum atomic E-state index is 12.3. The molecule has 1 rings (SSSR count). The molecule has 0 spiro atoms. The Labute approximate surface area is 137 Å². The van der Waals surface area contributed by atoms with E-state index in [0.717, 1.165) is 6.42 Å². The minimum atomic E-state index is -1.03. The second-order valence-electron chi connectivity index (χ2n) is 6.93. The number of hydrogen-bond acceptors (Lipinski definition) is 3. The summed E-state index contributed by atoms with van der Waals surface area (Å²) in [5, 5.41) is 14.6. The molecule has 7 heteroatoms. The standard InChI is InChI=1S/C16H29N3O4/c1-10(2)8-17-16(23)19-7-5-6-12(9-19)14(20)18-13(11(3)4)15(21)22/h10-13H,5-9H2,1-4H3,(H,17,23)(H,18,20)(H,21,22)/t12?,13-/m0/s1. The number of likely N-dealkylation sites (tertiary alicyclic amines) is 1. The molecule has 0 saturated carbocycles. The molecule has 132 valence electrons. The Bertz CT molecular complexity index is 437. The summed E-state index contributed by atoms with van der Waals surface area (Å²) in [7, 11) is 0. The molecule has 1 aliphatic rings. The number of piperidine rings is 1. The van der Waals surface area contributed by atoms with Crippen LogP contribution in [0.4, 0.5) is 4.79 Å². The number of carboxylic acids is 1. The van der Waals surface area contributed by atoms with Crippen LogP contribution in [0, 0.1) is 17.8 Å². The van der Waals surface area contributed by atoms with Crippen LogP contribution in [0.3, 0.4) is 0 Å². The number of aliphatic carboxylic acids is 1. The quantitative estimate of drug-likeness (QED) is 0.684. The van der Waals surface area contributed by atoms with Gasteiger partial charge in [-0.2, -0.15) is 0 Å². The van der Waals surface area contributed by atoms with E-state index in [1.807, 2.05) is 13.8 Å². The molecule has 3 amide bonds. The van der Waals surface area contributed by atoms with E-state index in [2.05, 4.69) is 10.6 Å². The zero-order valence-electron chi connectivity index (χ0n) is 14.5. The summed E-state index contributed by atoms with van der Waals surface area (Å²) in [6, 6.07) is -1.05.